The monoisotopic (exact) mass is 307 g/mol. The zero-order valence-electron chi connectivity index (χ0n) is 10.1. The molecule has 2 unspecified atom stereocenters. The summed E-state index contributed by atoms with van der Waals surface area (Å²) < 4.78 is 0.841. The van der Waals surface area contributed by atoms with Crippen LogP contribution in [0.2, 0.25) is 0 Å². The maximum absolute atomic E-state index is 12.3. The van der Waals surface area contributed by atoms with E-state index in [-0.39, 0.29) is 23.7 Å². The number of anilines is 1. The van der Waals surface area contributed by atoms with Crippen LogP contribution in [-0.4, -0.2) is 11.8 Å². The third kappa shape index (κ3) is 1.62. The van der Waals surface area contributed by atoms with Gasteiger partial charge in [-0.25, -0.2) is 4.90 Å². The summed E-state index contributed by atoms with van der Waals surface area (Å²) >= 11 is 3.48. The van der Waals surface area contributed by atoms with Gasteiger partial charge in [0.1, 0.15) is 0 Å². The summed E-state index contributed by atoms with van der Waals surface area (Å²) in [5.41, 5.74) is 1.73. The van der Waals surface area contributed by atoms with Crippen molar-refractivity contribution in [3.63, 3.8) is 0 Å². The second-order valence-electron chi connectivity index (χ2n) is 5.13. The SMILES string of the molecule is Cc1cccc(N2C(=O)C3CCC(C3)C2=O)c1Br. The fraction of sp³-hybridized carbons (Fsp3) is 0.429. The van der Waals surface area contributed by atoms with Gasteiger partial charge < -0.3 is 0 Å². The predicted octanol–water partition coefficient (Wildman–Crippen LogP) is 3.05. The molecule has 94 valence electrons. The highest BCUT2D eigenvalue weighted by Crippen LogP contribution is 2.42. The molecule has 0 aromatic heterocycles. The number of nitrogens with zero attached hydrogens (tertiary/aromatic N) is 1. The van der Waals surface area contributed by atoms with Gasteiger partial charge in [0.25, 0.3) is 0 Å². The Hall–Kier alpha value is -1.16. The first-order chi connectivity index (χ1) is 8.59. The van der Waals surface area contributed by atoms with Gasteiger partial charge in [-0.15, -0.1) is 0 Å². The number of benzene rings is 1. The third-order valence-corrected chi connectivity index (χ3v) is 5.02. The van der Waals surface area contributed by atoms with Gasteiger partial charge in [0, 0.05) is 16.3 Å². The van der Waals surface area contributed by atoms with E-state index < -0.39 is 0 Å². The Labute approximate surface area is 114 Å². The minimum Gasteiger partial charge on any atom is -0.274 e. The average molecular weight is 308 g/mol. The second kappa shape index (κ2) is 4.19. The van der Waals surface area contributed by atoms with Gasteiger partial charge >= 0.3 is 0 Å². The van der Waals surface area contributed by atoms with Crippen LogP contribution in [0.3, 0.4) is 0 Å². The third-order valence-electron chi connectivity index (χ3n) is 3.98. The number of amides is 2. The molecule has 1 aromatic carbocycles. The Balaban J connectivity index is 2.08. The van der Waals surface area contributed by atoms with Crippen molar-refractivity contribution in [3.8, 4) is 0 Å². The number of piperidine rings is 1. The molecule has 1 heterocycles. The van der Waals surface area contributed by atoms with Crippen LogP contribution in [0.15, 0.2) is 22.7 Å². The predicted molar refractivity (Wildman–Crippen MR) is 72.2 cm³/mol. The highest BCUT2D eigenvalue weighted by Gasteiger charge is 2.46. The lowest BCUT2D eigenvalue weighted by Gasteiger charge is -2.30. The summed E-state index contributed by atoms with van der Waals surface area (Å²) in [5.74, 6) is 0.0281. The van der Waals surface area contributed by atoms with E-state index in [4.69, 9.17) is 0 Å². The lowest BCUT2D eigenvalue weighted by atomic mass is 9.96. The topological polar surface area (TPSA) is 37.4 Å². The van der Waals surface area contributed by atoms with Crippen molar-refractivity contribution in [2.24, 2.45) is 11.8 Å². The Morgan fingerprint density at radius 3 is 2.39 bits per heavy atom. The molecular weight excluding hydrogens is 294 g/mol. The first-order valence-corrected chi connectivity index (χ1v) is 7.02. The second-order valence-corrected chi connectivity index (χ2v) is 5.92. The molecule has 2 aliphatic rings. The molecule has 0 spiro atoms. The van der Waals surface area contributed by atoms with Crippen molar-refractivity contribution in [2.45, 2.75) is 26.2 Å². The summed E-state index contributed by atoms with van der Waals surface area (Å²) in [5, 5.41) is 0. The first-order valence-electron chi connectivity index (χ1n) is 6.22. The van der Waals surface area contributed by atoms with E-state index in [0.29, 0.717) is 5.69 Å². The Morgan fingerprint density at radius 1 is 1.17 bits per heavy atom. The number of fused-ring (bicyclic) bond motifs is 2. The van der Waals surface area contributed by atoms with Gasteiger partial charge in [0.05, 0.1) is 5.69 Å². The molecule has 2 atom stereocenters. The molecule has 2 fully saturated rings. The molecule has 3 nitrogen and oxygen atoms in total. The van der Waals surface area contributed by atoms with Crippen molar-refractivity contribution in [1.29, 1.82) is 0 Å². The van der Waals surface area contributed by atoms with Crippen LogP contribution < -0.4 is 4.90 Å². The van der Waals surface area contributed by atoms with Gasteiger partial charge in [-0.05, 0) is 53.7 Å². The molecule has 0 N–H and O–H groups in total. The van der Waals surface area contributed by atoms with Crippen molar-refractivity contribution < 1.29 is 9.59 Å². The number of imide groups is 1. The smallest absolute Gasteiger partial charge is 0.236 e. The van der Waals surface area contributed by atoms with E-state index in [9.17, 15) is 9.59 Å². The van der Waals surface area contributed by atoms with Crippen LogP contribution in [0.5, 0.6) is 0 Å². The van der Waals surface area contributed by atoms with Crippen LogP contribution in [0.1, 0.15) is 24.8 Å². The minimum absolute atomic E-state index is 0.0277. The summed E-state index contributed by atoms with van der Waals surface area (Å²) in [4.78, 5) is 26.1. The van der Waals surface area contributed by atoms with Crippen molar-refractivity contribution in [3.05, 3.63) is 28.2 Å². The highest BCUT2D eigenvalue weighted by atomic mass is 79.9. The zero-order chi connectivity index (χ0) is 12.9. The van der Waals surface area contributed by atoms with Crippen LogP contribution in [0.4, 0.5) is 5.69 Å². The molecule has 1 aromatic rings. The van der Waals surface area contributed by atoms with Gasteiger partial charge in [0.2, 0.25) is 11.8 Å². The van der Waals surface area contributed by atoms with Crippen molar-refractivity contribution in [1.82, 2.24) is 0 Å². The highest BCUT2D eigenvalue weighted by molar-refractivity contribution is 9.10. The first kappa shape index (κ1) is 11.9. The maximum Gasteiger partial charge on any atom is 0.236 e. The molecule has 1 aliphatic carbocycles. The Bertz CT molecular complexity index is 519. The summed E-state index contributed by atoms with van der Waals surface area (Å²) in [6, 6.07) is 5.67. The molecule has 3 rings (SSSR count). The van der Waals surface area contributed by atoms with Crippen LogP contribution in [0.25, 0.3) is 0 Å². The minimum atomic E-state index is -0.0277. The molecule has 0 radical (unpaired) electrons. The van der Waals surface area contributed by atoms with Gasteiger partial charge in [-0.3, -0.25) is 9.59 Å². The van der Waals surface area contributed by atoms with Gasteiger partial charge in [0.15, 0.2) is 0 Å². The maximum atomic E-state index is 12.3. The van der Waals surface area contributed by atoms with E-state index in [1.165, 1.54) is 4.90 Å². The number of hydrogen-bond acceptors (Lipinski definition) is 2. The summed E-state index contributed by atoms with van der Waals surface area (Å²) in [6.45, 7) is 1.96. The number of carbonyl (C=O) groups excluding carboxylic acids is 2. The van der Waals surface area contributed by atoms with Crippen LogP contribution in [-0.2, 0) is 9.59 Å². The number of rotatable bonds is 1. The normalized spacial score (nSPS) is 26.9. The average Bonchev–Trinajstić information content (AvgIpc) is 2.79. The molecule has 2 amide bonds. The van der Waals surface area contributed by atoms with E-state index in [1.807, 2.05) is 25.1 Å². The molecule has 4 heteroatoms. The Kier molecular flexibility index (Phi) is 2.77. The molecule has 1 saturated heterocycles. The summed E-state index contributed by atoms with van der Waals surface area (Å²) in [7, 11) is 0. The number of carbonyl (C=O) groups is 2. The molecular formula is C14H14BrNO2. The fourth-order valence-electron chi connectivity index (χ4n) is 2.95. The van der Waals surface area contributed by atoms with Crippen LogP contribution >= 0.6 is 15.9 Å². The summed E-state index contributed by atoms with van der Waals surface area (Å²) in [6.07, 6.45) is 2.46. The van der Waals surface area contributed by atoms with Crippen LogP contribution in [0, 0.1) is 18.8 Å². The zero-order valence-corrected chi connectivity index (χ0v) is 11.7. The van der Waals surface area contributed by atoms with E-state index in [2.05, 4.69) is 15.9 Å². The molecule has 18 heavy (non-hydrogen) atoms. The molecule has 2 bridgehead atoms. The quantitative estimate of drug-likeness (QED) is 0.748. The van der Waals surface area contributed by atoms with E-state index in [1.54, 1.807) is 0 Å². The van der Waals surface area contributed by atoms with Gasteiger partial charge in [-0.2, -0.15) is 0 Å². The lowest BCUT2D eigenvalue weighted by Crippen LogP contribution is -2.46. The lowest BCUT2D eigenvalue weighted by molar-refractivity contribution is -0.133. The van der Waals surface area contributed by atoms with E-state index in [0.717, 1.165) is 29.3 Å². The molecule has 1 saturated carbocycles. The van der Waals surface area contributed by atoms with Crippen molar-refractivity contribution >= 4 is 33.4 Å². The van der Waals surface area contributed by atoms with Gasteiger partial charge in [-0.1, -0.05) is 12.1 Å². The van der Waals surface area contributed by atoms with E-state index >= 15 is 0 Å². The number of hydrogen-bond donors (Lipinski definition) is 0. The molecule has 1 aliphatic heterocycles. The largest absolute Gasteiger partial charge is 0.274 e. The fourth-order valence-corrected chi connectivity index (χ4v) is 3.39. The Morgan fingerprint density at radius 2 is 1.78 bits per heavy atom. The van der Waals surface area contributed by atoms with Crippen molar-refractivity contribution in [2.75, 3.05) is 4.90 Å². The standard InChI is InChI=1S/C14H14BrNO2/c1-8-3-2-4-11(12(8)15)16-13(17)9-5-6-10(7-9)14(16)18/h2-4,9-10H,5-7H2,1H3. The number of halogens is 1. The number of aryl methyl sites for hydroxylation is 1.